The molecule has 1 aromatic carbocycles. The third-order valence-electron chi connectivity index (χ3n) is 2.38. The van der Waals surface area contributed by atoms with Gasteiger partial charge in [-0.3, -0.25) is 4.79 Å². The van der Waals surface area contributed by atoms with Crippen LogP contribution in [0.3, 0.4) is 0 Å². The van der Waals surface area contributed by atoms with E-state index in [1.54, 1.807) is 12.1 Å². The molecule has 0 spiro atoms. The van der Waals surface area contributed by atoms with E-state index in [4.69, 9.17) is 4.74 Å². The summed E-state index contributed by atoms with van der Waals surface area (Å²) in [5, 5.41) is 0. The van der Waals surface area contributed by atoms with Gasteiger partial charge in [0.1, 0.15) is 23.7 Å². The lowest BCUT2D eigenvalue weighted by Gasteiger charge is -2.05. The standard InChI is InChI=1S/C13H12N2O4/c1-18-13(17)10-7-14-11(15-12(10)16)8-19-9-5-3-2-4-6-9/h2-7H,8H2,1H3,(H,14,15,16). The van der Waals surface area contributed by atoms with Crippen molar-refractivity contribution in [3.8, 4) is 5.75 Å². The lowest BCUT2D eigenvalue weighted by atomic mass is 10.3. The van der Waals surface area contributed by atoms with Crippen LogP contribution in [0.5, 0.6) is 5.75 Å². The van der Waals surface area contributed by atoms with Crippen molar-refractivity contribution >= 4 is 5.97 Å². The molecule has 0 fully saturated rings. The summed E-state index contributed by atoms with van der Waals surface area (Å²) in [4.78, 5) is 29.2. The summed E-state index contributed by atoms with van der Waals surface area (Å²) in [6, 6.07) is 9.14. The molecule has 0 atom stereocenters. The number of rotatable bonds is 4. The van der Waals surface area contributed by atoms with Gasteiger partial charge in [0.15, 0.2) is 0 Å². The number of benzene rings is 1. The second-order valence-corrected chi connectivity index (χ2v) is 3.67. The Balaban J connectivity index is 2.09. The highest BCUT2D eigenvalue weighted by molar-refractivity contribution is 5.88. The molecule has 0 bridgehead atoms. The lowest BCUT2D eigenvalue weighted by molar-refractivity contribution is 0.0598. The quantitative estimate of drug-likeness (QED) is 0.833. The fourth-order valence-electron chi connectivity index (χ4n) is 1.43. The number of methoxy groups -OCH3 is 1. The minimum Gasteiger partial charge on any atom is -0.486 e. The van der Waals surface area contributed by atoms with Gasteiger partial charge >= 0.3 is 5.97 Å². The third kappa shape index (κ3) is 3.19. The van der Waals surface area contributed by atoms with E-state index in [1.165, 1.54) is 13.3 Å². The molecule has 0 amide bonds. The van der Waals surface area contributed by atoms with Crippen molar-refractivity contribution in [2.75, 3.05) is 7.11 Å². The molecule has 0 aliphatic heterocycles. The maximum absolute atomic E-state index is 11.6. The van der Waals surface area contributed by atoms with Crippen LogP contribution in [0, 0.1) is 0 Å². The van der Waals surface area contributed by atoms with Gasteiger partial charge in [-0.05, 0) is 12.1 Å². The Hall–Kier alpha value is -2.63. The molecule has 2 aromatic rings. The topological polar surface area (TPSA) is 81.3 Å². The van der Waals surface area contributed by atoms with E-state index in [0.29, 0.717) is 11.6 Å². The molecular weight excluding hydrogens is 248 g/mol. The number of carbonyl (C=O) groups excluding carboxylic acids is 1. The van der Waals surface area contributed by atoms with Crippen molar-refractivity contribution in [3.63, 3.8) is 0 Å². The molecule has 0 aliphatic carbocycles. The van der Waals surface area contributed by atoms with Crippen molar-refractivity contribution in [2.24, 2.45) is 0 Å². The Morgan fingerprint density at radius 3 is 2.68 bits per heavy atom. The molecule has 1 heterocycles. The molecule has 0 radical (unpaired) electrons. The zero-order valence-corrected chi connectivity index (χ0v) is 10.3. The third-order valence-corrected chi connectivity index (χ3v) is 2.38. The normalized spacial score (nSPS) is 9.95. The lowest BCUT2D eigenvalue weighted by Crippen LogP contribution is -2.21. The van der Waals surface area contributed by atoms with Crippen molar-refractivity contribution < 1.29 is 14.3 Å². The molecule has 98 valence electrons. The van der Waals surface area contributed by atoms with Gasteiger partial charge < -0.3 is 14.5 Å². The first kappa shape index (κ1) is 12.8. The number of ether oxygens (including phenoxy) is 2. The highest BCUT2D eigenvalue weighted by Crippen LogP contribution is 2.09. The molecular formula is C13H12N2O4. The predicted octanol–water partition coefficient (Wildman–Crippen LogP) is 1.14. The van der Waals surface area contributed by atoms with Gasteiger partial charge in [-0.15, -0.1) is 0 Å². The van der Waals surface area contributed by atoms with Crippen molar-refractivity contribution in [1.82, 2.24) is 9.97 Å². The first-order chi connectivity index (χ1) is 9.20. The van der Waals surface area contributed by atoms with Gasteiger partial charge in [0.05, 0.1) is 7.11 Å². The summed E-state index contributed by atoms with van der Waals surface area (Å²) in [7, 11) is 1.20. The van der Waals surface area contributed by atoms with Crippen LogP contribution in [-0.2, 0) is 11.3 Å². The number of nitrogens with one attached hydrogen (secondary N) is 1. The molecule has 0 unspecified atom stereocenters. The number of nitrogens with zero attached hydrogens (tertiary/aromatic N) is 1. The largest absolute Gasteiger partial charge is 0.486 e. The number of esters is 1. The number of para-hydroxylation sites is 1. The molecule has 1 aromatic heterocycles. The molecule has 6 heteroatoms. The van der Waals surface area contributed by atoms with E-state index < -0.39 is 11.5 Å². The number of hydrogen-bond acceptors (Lipinski definition) is 5. The van der Waals surface area contributed by atoms with Crippen LogP contribution < -0.4 is 10.3 Å². The molecule has 0 saturated heterocycles. The van der Waals surface area contributed by atoms with Crippen molar-refractivity contribution in [1.29, 1.82) is 0 Å². The van der Waals surface area contributed by atoms with Gasteiger partial charge in [0, 0.05) is 6.20 Å². The smallest absolute Gasteiger partial charge is 0.345 e. The van der Waals surface area contributed by atoms with E-state index in [2.05, 4.69) is 14.7 Å². The molecule has 1 N–H and O–H groups in total. The van der Waals surface area contributed by atoms with Gasteiger partial charge in [-0.2, -0.15) is 0 Å². The maximum atomic E-state index is 11.6. The number of hydrogen-bond donors (Lipinski definition) is 1. The van der Waals surface area contributed by atoms with Gasteiger partial charge in [-0.25, -0.2) is 9.78 Å². The minimum atomic E-state index is -0.718. The summed E-state index contributed by atoms with van der Waals surface area (Å²) in [6.45, 7) is 0.112. The Labute approximate surface area is 109 Å². The Morgan fingerprint density at radius 2 is 2.05 bits per heavy atom. The average molecular weight is 260 g/mol. The highest BCUT2D eigenvalue weighted by atomic mass is 16.5. The van der Waals surface area contributed by atoms with Crippen LogP contribution in [0.1, 0.15) is 16.2 Å². The Bertz CT molecular complexity index is 622. The van der Waals surface area contributed by atoms with Gasteiger partial charge in [0.25, 0.3) is 5.56 Å². The average Bonchev–Trinajstić information content (AvgIpc) is 2.45. The molecule has 0 aliphatic rings. The number of H-pyrrole nitrogens is 1. The van der Waals surface area contributed by atoms with Crippen LogP contribution in [0.25, 0.3) is 0 Å². The van der Waals surface area contributed by atoms with E-state index in [1.807, 2.05) is 18.2 Å². The SMILES string of the molecule is COC(=O)c1cnc(COc2ccccc2)[nH]c1=O. The highest BCUT2D eigenvalue weighted by Gasteiger charge is 2.11. The monoisotopic (exact) mass is 260 g/mol. The molecule has 19 heavy (non-hydrogen) atoms. The summed E-state index contributed by atoms with van der Waals surface area (Å²) < 4.78 is 9.88. The number of aromatic amines is 1. The van der Waals surface area contributed by atoms with Crippen LogP contribution >= 0.6 is 0 Å². The van der Waals surface area contributed by atoms with E-state index in [9.17, 15) is 9.59 Å². The molecule has 6 nitrogen and oxygen atoms in total. The summed E-state index contributed by atoms with van der Waals surface area (Å²) in [6.07, 6.45) is 1.17. The van der Waals surface area contributed by atoms with Crippen molar-refractivity contribution in [3.05, 3.63) is 58.3 Å². The van der Waals surface area contributed by atoms with E-state index in [0.717, 1.165) is 0 Å². The van der Waals surface area contributed by atoms with E-state index in [-0.39, 0.29) is 12.2 Å². The second-order valence-electron chi connectivity index (χ2n) is 3.67. The Morgan fingerprint density at radius 1 is 1.32 bits per heavy atom. The van der Waals surface area contributed by atoms with Crippen LogP contribution in [0.15, 0.2) is 41.3 Å². The summed E-state index contributed by atoms with van der Waals surface area (Å²) in [5.74, 6) is 0.285. The summed E-state index contributed by atoms with van der Waals surface area (Å²) in [5.41, 5.74) is -0.681. The molecule has 0 saturated carbocycles. The van der Waals surface area contributed by atoms with Gasteiger partial charge in [-0.1, -0.05) is 18.2 Å². The zero-order valence-electron chi connectivity index (χ0n) is 10.3. The minimum absolute atomic E-state index is 0.112. The van der Waals surface area contributed by atoms with Crippen molar-refractivity contribution in [2.45, 2.75) is 6.61 Å². The number of carbonyl (C=O) groups is 1. The first-order valence-electron chi connectivity index (χ1n) is 5.55. The zero-order chi connectivity index (χ0) is 13.7. The van der Waals surface area contributed by atoms with Crippen LogP contribution in [0.2, 0.25) is 0 Å². The first-order valence-corrected chi connectivity index (χ1v) is 5.55. The van der Waals surface area contributed by atoms with Gasteiger partial charge in [0.2, 0.25) is 0 Å². The fraction of sp³-hybridized carbons (Fsp3) is 0.154. The molecule has 2 rings (SSSR count). The van der Waals surface area contributed by atoms with Crippen LogP contribution in [0.4, 0.5) is 0 Å². The second kappa shape index (κ2) is 5.81. The Kier molecular flexibility index (Phi) is 3.92. The number of aromatic nitrogens is 2. The van der Waals surface area contributed by atoms with Crippen LogP contribution in [-0.4, -0.2) is 23.0 Å². The predicted molar refractivity (Wildman–Crippen MR) is 67.0 cm³/mol. The fourth-order valence-corrected chi connectivity index (χ4v) is 1.43. The summed E-state index contributed by atoms with van der Waals surface area (Å²) >= 11 is 0. The van der Waals surface area contributed by atoms with E-state index >= 15 is 0 Å². The maximum Gasteiger partial charge on any atom is 0.345 e.